The van der Waals surface area contributed by atoms with Gasteiger partial charge in [-0.1, -0.05) is 135 Å². The smallest absolute Gasteiger partial charge is 0.162 e. The van der Waals surface area contributed by atoms with Crippen LogP contribution in [0, 0.1) is 17.9 Å². The number of benzene rings is 3. The molecule has 1 spiro atoms. The zero-order valence-electron chi connectivity index (χ0n) is 33.0. The van der Waals surface area contributed by atoms with Crippen molar-refractivity contribution in [1.29, 1.82) is 0 Å². The molecule has 52 heavy (non-hydrogen) atoms. The summed E-state index contributed by atoms with van der Waals surface area (Å²) in [7, 11) is 0. The molecule has 279 valence electrons. The van der Waals surface area contributed by atoms with Gasteiger partial charge in [-0.05, 0) is 83.8 Å². The molecule has 0 saturated heterocycles. The van der Waals surface area contributed by atoms with Crippen LogP contribution >= 0.6 is 0 Å². The van der Waals surface area contributed by atoms with E-state index in [1.54, 1.807) is 0 Å². The second-order valence-electron chi connectivity index (χ2n) is 16.1. The summed E-state index contributed by atoms with van der Waals surface area (Å²) in [6.07, 6.45) is 14.3. The molecule has 3 nitrogen and oxygen atoms in total. The molecule has 0 aliphatic heterocycles. The van der Waals surface area contributed by atoms with Crippen LogP contribution in [0.1, 0.15) is 147 Å². The Balaban J connectivity index is 0.000000323. The van der Waals surface area contributed by atoms with Crippen molar-refractivity contribution in [3.8, 4) is 11.3 Å². The van der Waals surface area contributed by atoms with Gasteiger partial charge in [-0.15, -0.1) is 29.1 Å². The van der Waals surface area contributed by atoms with Gasteiger partial charge in [0.25, 0.3) is 0 Å². The number of ketones is 1. The number of pyridine rings is 1. The van der Waals surface area contributed by atoms with Gasteiger partial charge in [0.2, 0.25) is 0 Å². The predicted octanol–water partition coefficient (Wildman–Crippen LogP) is 13.4. The van der Waals surface area contributed by atoms with E-state index in [4.69, 9.17) is 4.98 Å². The molecule has 1 heterocycles. The van der Waals surface area contributed by atoms with Crippen molar-refractivity contribution in [3.05, 3.63) is 113 Å². The van der Waals surface area contributed by atoms with Gasteiger partial charge in [0.15, 0.2) is 5.78 Å². The third-order valence-electron chi connectivity index (χ3n) is 11.6. The van der Waals surface area contributed by atoms with Crippen LogP contribution in [0.2, 0.25) is 0 Å². The maximum atomic E-state index is 11.7. The SMILES string of the molecule is CC(C)c1cc(-c2nccc3c2C2(CCCC2)C(c2ccc(C(C)(C)C)cc2)=C3)[c-]c2ccccc12.CCC(CC)C(=O)/C=C(\O)C(CC)CC.[Ir]. The Bertz CT molecular complexity index is 1880. The number of aliphatic hydroxyl groups excluding tert-OH is 1. The van der Waals surface area contributed by atoms with Crippen molar-refractivity contribution >= 4 is 28.2 Å². The number of hydrogen-bond donors (Lipinski definition) is 1. The zero-order chi connectivity index (χ0) is 36.9. The third kappa shape index (κ3) is 8.55. The summed E-state index contributed by atoms with van der Waals surface area (Å²) >= 11 is 0. The maximum Gasteiger partial charge on any atom is 0.162 e. The van der Waals surface area contributed by atoms with E-state index in [-0.39, 0.29) is 54.3 Å². The van der Waals surface area contributed by atoms with Crippen molar-refractivity contribution in [1.82, 2.24) is 4.98 Å². The summed E-state index contributed by atoms with van der Waals surface area (Å²) in [5, 5.41) is 12.2. The third-order valence-corrected chi connectivity index (χ3v) is 11.6. The van der Waals surface area contributed by atoms with Crippen molar-refractivity contribution in [2.45, 2.75) is 130 Å². The van der Waals surface area contributed by atoms with Crippen LogP contribution in [-0.2, 0) is 35.7 Å². The van der Waals surface area contributed by atoms with Crippen molar-refractivity contribution < 1.29 is 30.0 Å². The topological polar surface area (TPSA) is 50.2 Å². The molecule has 6 rings (SSSR count). The van der Waals surface area contributed by atoms with Crippen LogP contribution in [0.25, 0.3) is 33.7 Å². The second-order valence-corrected chi connectivity index (χ2v) is 16.1. The molecule has 1 N–H and O–H groups in total. The number of nitrogens with zero attached hydrogens (tertiary/aromatic N) is 1. The average Bonchev–Trinajstić information content (AvgIpc) is 3.74. The number of hydrogen-bond acceptors (Lipinski definition) is 3. The molecule has 1 fully saturated rings. The molecule has 2 aliphatic rings. The van der Waals surface area contributed by atoms with Crippen LogP contribution in [-0.4, -0.2) is 15.9 Å². The molecule has 0 bridgehead atoms. The number of allylic oxidation sites excluding steroid dienone is 3. The quantitative estimate of drug-likeness (QED) is 0.0981. The van der Waals surface area contributed by atoms with Crippen molar-refractivity contribution in [2.75, 3.05) is 0 Å². The summed E-state index contributed by atoms with van der Waals surface area (Å²) in [5.41, 5.74) is 10.8. The normalized spacial score (nSPS) is 15.2. The molecule has 1 saturated carbocycles. The Morgan fingerprint density at radius 1 is 0.904 bits per heavy atom. The molecular formula is C48H60IrNO2-. The molecule has 3 aromatic carbocycles. The maximum absolute atomic E-state index is 11.7. The standard InChI is InChI=1S/C35H36N.C13H24O2.Ir/c1-23(2)30-21-27(20-25-10-6-7-11-29(25)30)33-32-26(16-19-36-33)22-31(35(32)17-8-9-18-35)24-12-14-28(15-13-24)34(3,4)5;1-5-10(6-2)12(14)9-13(15)11(7-3)8-4;/h6-7,10-16,19,21-23H,8-9,17-18H2,1-5H3;9-11,14H,5-8H2,1-4H3;/q-1;;/b;12-9-;. The van der Waals surface area contributed by atoms with Gasteiger partial charge in [-0.3, -0.25) is 9.78 Å². The molecule has 2 aliphatic carbocycles. The minimum atomic E-state index is 0. The number of aromatic nitrogens is 1. The Kier molecular flexibility index (Phi) is 14.1. The van der Waals surface area contributed by atoms with Gasteiger partial charge >= 0.3 is 0 Å². The van der Waals surface area contributed by atoms with E-state index in [2.05, 4.69) is 107 Å². The fourth-order valence-electron chi connectivity index (χ4n) is 8.38. The number of aliphatic hydroxyl groups is 1. The summed E-state index contributed by atoms with van der Waals surface area (Å²) in [4.78, 5) is 16.8. The fraction of sp³-hybridized carbons (Fsp3) is 0.458. The van der Waals surface area contributed by atoms with Crippen LogP contribution in [0.4, 0.5) is 0 Å². The Hall–Kier alpha value is -3.33. The first-order valence-electron chi connectivity index (χ1n) is 19.6. The molecule has 1 aromatic heterocycles. The van der Waals surface area contributed by atoms with E-state index in [0.29, 0.717) is 5.92 Å². The summed E-state index contributed by atoms with van der Waals surface area (Å²) in [5.74, 6) is 0.988. The molecule has 0 amide bonds. The number of rotatable bonds is 10. The number of carbonyl (C=O) groups excluding carboxylic acids is 1. The summed E-state index contributed by atoms with van der Waals surface area (Å²) < 4.78 is 0. The monoisotopic (exact) mass is 875 g/mol. The van der Waals surface area contributed by atoms with Gasteiger partial charge in [-0.25, -0.2) is 0 Å². The van der Waals surface area contributed by atoms with E-state index in [1.165, 1.54) is 75.9 Å². The zero-order valence-corrected chi connectivity index (χ0v) is 35.4. The first-order chi connectivity index (χ1) is 24.4. The Morgan fingerprint density at radius 2 is 1.52 bits per heavy atom. The molecule has 1 radical (unpaired) electrons. The number of fused-ring (bicyclic) bond motifs is 3. The van der Waals surface area contributed by atoms with Crippen molar-refractivity contribution in [2.24, 2.45) is 11.8 Å². The van der Waals surface area contributed by atoms with Crippen LogP contribution < -0.4 is 0 Å². The largest absolute Gasteiger partial charge is 0.512 e. The first kappa shape index (κ1) is 41.4. The van der Waals surface area contributed by atoms with Crippen LogP contribution in [0.3, 0.4) is 0 Å². The molecule has 4 aromatic rings. The summed E-state index contributed by atoms with van der Waals surface area (Å²) in [6, 6.07) is 26.4. The molecular weight excluding hydrogens is 815 g/mol. The predicted molar refractivity (Wildman–Crippen MR) is 217 cm³/mol. The van der Waals surface area contributed by atoms with Gasteiger partial charge in [0.1, 0.15) is 0 Å². The molecule has 0 unspecified atom stereocenters. The Morgan fingerprint density at radius 3 is 2.10 bits per heavy atom. The second kappa shape index (κ2) is 17.7. The van der Waals surface area contributed by atoms with Crippen LogP contribution in [0.15, 0.2) is 78.7 Å². The summed E-state index contributed by atoms with van der Waals surface area (Å²) in [6.45, 7) is 19.5. The molecule has 4 heteroatoms. The van der Waals surface area contributed by atoms with E-state index in [1.807, 2.05) is 33.9 Å². The fourth-order valence-corrected chi connectivity index (χ4v) is 8.38. The van der Waals surface area contributed by atoms with E-state index in [0.717, 1.165) is 36.9 Å². The van der Waals surface area contributed by atoms with E-state index in [9.17, 15) is 9.90 Å². The minimum Gasteiger partial charge on any atom is -0.512 e. The number of carbonyl (C=O) groups is 1. The van der Waals surface area contributed by atoms with Gasteiger partial charge in [-0.2, -0.15) is 0 Å². The van der Waals surface area contributed by atoms with Gasteiger partial charge in [0.05, 0.1) is 5.76 Å². The van der Waals surface area contributed by atoms with Crippen molar-refractivity contribution in [3.63, 3.8) is 0 Å². The minimum absolute atomic E-state index is 0. The van der Waals surface area contributed by atoms with E-state index >= 15 is 0 Å². The van der Waals surface area contributed by atoms with E-state index < -0.39 is 0 Å². The molecule has 0 atom stereocenters. The van der Waals surface area contributed by atoms with Gasteiger partial charge < -0.3 is 5.11 Å². The van der Waals surface area contributed by atoms with Gasteiger partial charge in [0, 0.05) is 55.3 Å². The average molecular weight is 875 g/mol. The van der Waals surface area contributed by atoms with Crippen LogP contribution in [0.5, 0.6) is 0 Å². The first-order valence-corrected chi connectivity index (χ1v) is 19.6. The Labute approximate surface area is 327 Å².